The zero-order valence-electron chi connectivity index (χ0n) is 14.7. The van der Waals surface area contributed by atoms with Crippen LogP contribution in [-0.2, 0) is 11.3 Å². The molecule has 136 valence electrons. The Morgan fingerprint density at radius 3 is 2.72 bits per heavy atom. The zero-order valence-corrected chi connectivity index (χ0v) is 15.4. The number of halogens is 1. The van der Waals surface area contributed by atoms with Crippen molar-refractivity contribution in [2.24, 2.45) is 0 Å². The summed E-state index contributed by atoms with van der Waals surface area (Å²) in [7, 11) is 0. The van der Waals surface area contributed by atoms with E-state index >= 15 is 0 Å². The number of carbonyl (C=O) groups excluding carboxylic acids is 1. The van der Waals surface area contributed by atoms with Crippen molar-refractivity contribution in [1.82, 2.24) is 14.8 Å². The number of nitrogens with one attached hydrogen (secondary N) is 1. The molecular weight excluding hydrogens is 342 g/mol. The molecule has 3 rings (SSSR count). The Morgan fingerprint density at radius 1 is 1.28 bits per heavy atom. The van der Waals surface area contributed by atoms with Gasteiger partial charge in [0.15, 0.2) is 5.58 Å². The molecule has 1 aliphatic rings. The van der Waals surface area contributed by atoms with Gasteiger partial charge in [-0.3, -0.25) is 9.36 Å². The Morgan fingerprint density at radius 2 is 2.00 bits per heavy atom. The molecule has 1 N–H and O–H groups in total. The number of carbonyl (C=O) groups is 1. The third-order valence-electron chi connectivity index (χ3n) is 4.48. The van der Waals surface area contributed by atoms with Crippen molar-refractivity contribution in [2.45, 2.75) is 45.2 Å². The highest BCUT2D eigenvalue weighted by Crippen LogP contribution is 2.18. The van der Waals surface area contributed by atoms with Gasteiger partial charge in [0.1, 0.15) is 6.54 Å². The zero-order chi connectivity index (χ0) is 18.0. The first kappa shape index (κ1) is 18.0. The normalized spacial score (nSPS) is 16.3. The second kappa shape index (κ2) is 7.22. The number of hydrogen-bond acceptors (Lipinski definition) is 4. The average molecular weight is 366 g/mol. The molecule has 0 aliphatic carbocycles. The van der Waals surface area contributed by atoms with Crippen LogP contribution in [0.25, 0.3) is 11.1 Å². The van der Waals surface area contributed by atoms with Crippen LogP contribution >= 0.6 is 11.6 Å². The van der Waals surface area contributed by atoms with E-state index < -0.39 is 5.76 Å². The Bertz CT molecular complexity index is 819. The highest BCUT2D eigenvalue weighted by Gasteiger charge is 2.25. The molecule has 1 fully saturated rings. The van der Waals surface area contributed by atoms with Gasteiger partial charge in [0, 0.05) is 17.1 Å². The van der Waals surface area contributed by atoms with E-state index in [1.165, 1.54) is 23.8 Å². The maximum atomic E-state index is 12.5. The van der Waals surface area contributed by atoms with E-state index in [0.717, 1.165) is 19.6 Å². The number of aromatic nitrogens is 1. The van der Waals surface area contributed by atoms with Gasteiger partial charge >= 0.3 is 5.76 Å². The fourth-order valence-corrected chi connectivity index (χ4v) is 3.63. The lowest BCUT2D eigenvalue weighted by Gasteiger charge is -2.35. The minimum Gasteiger partial charge on any atom is -0.408 e. The molecule has 1 saturated heterocycles. The Balaban J connectivity index is 1.68. The summed E-state index contributed by atoms with van der Waals surface area (Å²) in [6, 6.07) is 4.92. The van der Waals surface area contributed by atoms with E-state index in [9.17, 15) is 9.59 Å². The second-order valence-corrected chi connectivity index (χ2v) is 7.77. The number of likely N-dealkylation sites (tertiary alicyclic amines) is 1. The number of hydrogen-bond donors (Lipinski definition) is 1. The van der Waals surface area contributed by atoms with Crippen LogP contribution in [-0.4, -0.2) is 40.5 Å². The SMILES string of the molecule is CC(C)(CN1CCCCC1)NC(=O)Cn1c(=O)oc2ccc(Cl)cc21. The molecule has 0 spiro atoms. The molecule has 0 atom stereocenters. The van der Waals surface area contributed by atoms with Crippen molar-refractivity contribution in [3.63, 3.8) is 0 Å². The third kappa shape index (κ3) is 4.44. The molecule has 1 aromatic heterocycles. The molecule has 2 aromatic rings. The maximum absolute atomic E-state index is 12.5. The number of oxazole rings is 1. The molecule has 6 nitrogen and oxygen atoms in total. The summed E-state index contributed by atoms with van der Waals surface area (Å²) in [5.41, 5.74) is 0.589. The maximum Gasteiger partial charge on any atom is 0.420 e. The first-order chi connectivity index (χ1) is 11.8. The van der Waals surface area contributed by atoms with Gasteiger partial charge < -0.3 is 14.6 Å². The van der Waals surface area contributed by atoms with E-state index in [0.29, 0.717) is 16.1 Å². The Kier molecular flexibility index (Phi) is 5.20. The standard InChI is InChI=1S/C18H24ClN3O3/c1-18(2,12-21-8-4-3-5-9-21)20-16(23)11-22-14-10-13(19)6-7-15(14)25-17(22)24/h6-7,10H,3-5,8-9,11-12H2,1-2H3,(H,20,23). The van der Waals surface area contributed by atoms with Crippen molar-refractivity contribution in [2.75, 3.05) is 19.6 Å². The molecule has 2 heterocycles. The lowest BCUT2D eigenvalue weighted by molar-refractivity contribution is -0.123. The molecule has 1 aliphatic heterocycles. The fourth-order valence-electron chi connectivity index (χ4n) is 3.46. The van der Waals surface area contributed by atoms with E-state index in [2.05, 4.69) is 10.2 Å². The summed E-state index contributed by atoms with van der Waals surface area (Å²) in [6.07, 6.45) is 3.70. The predicted molar refractivity (Wildman–Crippen MR) is 98.0 cm³/mol. The van der Waals surface area contributed by atoms with Crippen LogP contribution in [0.5, 0.6) is 0 Å². The van der Waals surface area contributed by atoms with E-state index in [1.54, 1.807) is 18.2 Å². The van der Waals surface area contributed by atoms with Gasteiger partial charge in [-0.1, -0.05) is 18.0 Å². The van der Waals surface area contributed by atoms with Gasteiger partial charge in [-0.2, -0.15) is 0 Å². The van der Waals surface area contributed by atoms with Crippen molar-refractivity contribution in [1.29, 1.82) is 0 Å². The Labute approximate surface area is 151 Å². The molecule has 25 heavy (non-hydrogen) atoms. The summed E-state index contributed by atoms with van der Waals surface area (Å²) in [5.74, 6) is -0.770. The van der Waals surface area contributed by atoms with Crippen LogP contribution < -0.4 is 11.1 Å². The van der Waals surface area contributed by atoms with Gasteiger partial charge in [-0.05, 0) is 58.0 Å². The summed E-state index contributed by atoms with van der Waals surface area (Å²) in [6.45, 7) is 6.87. The first-order valence-electron chi connectivity index (χ1n) is 8.66. The van der Waals surface area contributed by atoms with E-state index in [-0.39, 0.29) is 18.0 Å². The van der Waals surface area contributed by atoms with Crippen LogP contribution in [0.15, 0.2) is 27.4 Å². The largest absolute Gasteiger partial charge is 0.420 e. The van der Waals surface area contributed by atoms with Crippen molar-refractivity contribution >= 4 is 28.6 Å². The van der Waals surface area contributed by atoms with Gasteiger partial charge in [-0.15, -0.1) is 0 Å². The molecule has 7 heteroatoms. The quantitative estimate of drug-likeness (QED) is 0.884. The minimum absolute atomic E-state index is 0.0877. The summed E-state index contributed by atoms with van der Waals surface area (Å²) in [4.78, 5) is 26.9. The molecule has 1 amide bonds. The van der Waals surface area contributed by atoms with Gasteiger partial charge in [0.25, 0.3) is 0 Å². The third-order valence-corrected chi connectivity index (χ3v) is 4.71. The van der Waals surface area contributed by atoms with Crippen molar-refractivity contribution in [3.8, 4) is 0 Å². The number of nitrogens with zero attached hydrogens (tertiary/aromatic N) is 2. The highest BCUT2D eigenvalue weighted by atomic mass is 35.5. The van der Waals surface area contributed by atoms with Crippen molar-refractivity contribution < 1.29 is 9.21 Å². The topological polar surface area (TPSA) is 67.5 Å². The van der Waals surface area contributed by atoms with Gasteiger partial charge in [0.05, 0.1) is 5.52 Å². The highest BCUT2D eigenvalue weighted by molar-refractivity contribution is 6.31. The van der Waals surface area contributed by atoms with Gasteiger partial charge in [-0.25, -0.2) is 4.79 Å². The molecular formula is C18H24ClN3O3. The molecule has 1 aromatic carbocycles. The number of benzene rings is 1. The number of fused-ring (bicyclic) bond motifs is 1. The monoisotopic (exact) mass is 365 g/mol. The molecule has 0 saturated carbocycles. The summed E-state index contributed by atoms with van der Waals surface area (Å²) in [5, 5.41) is 3.53. The summed E-state index contributed by atoms with van der Waals surface area (Å²) >= 11 is 5.99. The van der Waals surface area contributed by atoms with Gasteiger partial charge in [0.2, 0.25) is 5.91 Å². The molecule has 0 bridgehead atoms. The second-order valence-electron chi connectivity index (χ2n) is 7.34. The van der Waals surface area contributed by atoms with E-state index in [4.69, 9.17) is 16.0 Å². The fraction of sp³-hybridized carbons (Fsp3) is 0.556. The lowest BCUT2D eigenvalue weighted by Crippen LogP contribution is -2.53. The van der Waals surface area contributed by atoms with Crippen LogP contribution in [0.2, 0.25) is 5.02 Å². The number of amides is 1. The van der Waals surface area contributed by atoms with Crippen LogP contribution in [0.3, 0.4) is 0 Å². The average Bonchev–Trinajstić information content (AvgIpc) is 2.83. The summed E-state index contributed by atoms with van der Waals surface area (Å²) < 4.78 is 6.48. The lowest BCUT2D eigenvalue weighted by atomic mass is 10.0. The predicted octanol–water partition coefficient (Wildman–Crippen LogP) is 2.63. The smallest absolute Gasteiger partial charge is 0.408 e. The van der Waals surface area contributed by atoms with Crippen molar-refractivity contribution in [3.05, 3.63) is 33.8 Å². The number of rotatable bonds is 5. The Hall–Kier alpha value is -1.79. The minimum atomic E-state index is -0.554. The van der Waals surface area contributed by atoms with Crippen LogP contribution in [0.1, 0.15) is 33.1 Å². The van der Waals surface area contributed by atoms with Crippen LogP contribution in [0.4, 0.5) is 0 Å². The first-order valence-corrected chi connectivity index (χ1v) is 9.04. The van der Waals surface area contributed by atoms with E-state index in [1.807, 2.05) is 13.8 Å². The molecule has 0 radical (unpaired) electrons. The van der Waals surface area contributed by atoms with Crippen LogP contribution in [0, 0.1) is 0 Å². The molecule has 0 unspecified atom stereocenters. The number of piperidine rings is 1.